The minimum absolute atomic E-state index is 0.0777. The normalized spacial score (nSPS) is 10.9. The van der Waals surface area contributed by atoms with Gasteiger partial charge in [-0.05, 0) is 35.9 Å². The molecule has 1 heterocycles. The van der Waals surface area contributed by atoms with Crippen molar-refractivity contribution in [3.63, 3.8) is 0 Å². The highest BCUT2D eigenvalue weighted by atomic mass is 35.5. The molecule has 0 amide bonds. The fraction of sp³-hybridized carbons (Fsp3) is 0. The van der Waals surface area contributed by atoms with E-state index in [1.54, 1.807) is 30.3 Å². The molecular weight excluding hydrogens is 297 g/mol. The molecule has 0 spiro atoms. The van der Waals surface area contributed by atoms with Crippen LogP contribution in [0, 0.1) is 0 Å². The van der Waals surface area contributed by atoms with Gasteiger partial charge in [0.25, 0.3) is 0 Å². The molecule has 3 aromatic rings. The van der Waals surface area contributed by atoms with Crippen LogP contribution in [0.4, 0.5) is 5.82 Å². The highest BCUT2D eigenvalue weighted by Gasteiger charge is 2.13. The van der Waals surface area contributed by atoms with Crippen molar-refractivity contribution in [2.45, 2.75) is 0 Å². The molecule has 0 fully saturated rings. The van der Waals surface area contributed by atoms with E-state index in [0.29, 0.717) is 37.9 Å². The fourth-order valence-corrected chi connectivity index (χ4v) is 2.65. The molecule has 0 saturated heterocycles. The monoisotopic (exact) mass is 305 g/mol. The van der Waals surface area contributed by atoms with Gasteiger partial charge in [-0.15, -0.1) is 0 Å². The van der Waals surface area contributed by atoms with E-state index in [-0.39, 0.29) is 5.75 Å². The smallest absolute Gasteiger partial charge is 0.134 e. The second-order valence-electron chi connectivity index (χ2n) is 4.27. The largest absolute Gasteiger partial charge is 0.507 e. The maximum Gasteiger partial charge on any atom is 0.134 e. The molecule has 0 unspecified atom stereocenters. The lowest BCUT2D eigenvalue weighted by molar-refractivity contribution is 0.478. The number of phenols is 1. The highest BCUT2D eigenvalue weighted by Crippen LogP contribution is 2.38. The van der Waals surface area contributed by atoms with E-state index in [1.807, 2.05) is 0 Å². The van der Waals surface area contributed by atoms with Crippen LogP contribution >= 0.6 is 23.2 Å². The van der Waals surface area contributed by atoms with Crippen molar-refractivity contribution in [3.05, 3.63) is 46.7 Å². The Morgan fingerprint density at radius 2 is 1.70 bits per heavy atom. The zero-order chi connectivity index (χ0) is 14.3. The van der Waals surface area contributed by atoms with Crippen LogP contribution in [0.25, 0.3) is 22.0 Å². The lowest BCUT2D eigenvalue weighted by Gasteiger charge is -2.10. The first-order valence-electron chi connectivity index (χ1n) is 5.75. The van der Waals surface area contributed by atoms with Crippen LogP contribution in [0.1, 0.15) is 0 Å². The first kappa shape index (κ1) is 13.0. The van der Waals surface area contributed by atoms with Gasteiger partial charge in [0, 0.05) is 15.4 Å². The van der Waals surface area contributed by atoms with E-state index in [2.05, 4.69) is 9.97 Å². The summed E-state index contributed by atoms with van der Waals surface area (Å²) in [4.78, 5) is 8.14. The van der Waals surface area contributed by atoms with Gasteiger partial charge in [-0.25, -0.2) is 9.97 Å². The van der Waals surface area contributed by atoms with Gasteiger partial charge >= 0.3 is 0 Å². The summed E-state index contributed by atoms with van der Waals surface area (Å²) in [5.41, 5.74) is 7.58. The van der Waals surface area contributed by atoms with Gasteiger partial charge in [0.2, 0.25) is 0 Å². The first-order chi connectivity index (χ1) is 9.56. The van der Waals surface area contributed by atoms with Crippen LogP contribution in [0.5, 0.6) is 5.75 Å². The third-order valence-electron chi connectivity index (χ3n) is 2.97. The molecule has 4 nitrogen and oxygen atoms in total. The zero-order valence-electron chi connectivity index (χ0n) is 10.1. The molecule has 1 aromatic heterocycles. The highest BCUT2D eigenvalue weighted by molar-refractivity contribution is 6.35. The zero-order valence-corrected chi connectivity index (χ0v) is 11.7. The Morgan fingerprint density at radius 3 is 2.40 bits per heavy atom. The molecule has 3 rings (SSSR count). The van der Waals surface area contributed by atoms with E-state index in [4.69, 9.17) is 28.9 Å². The van der Waals surface area contributed by atoms with Crippen molar-refractivity contribution in [2.75, 3.05) is 5.73 Å². The number of benzene rings is 2. The fourth-order valence-electron chi connectivity index (χ4n) is 2.12. The Bertz CT molecular complexity index is 801. The predicted octanol–water partition coefficient (Wildman–Crippen LogP) is 3.89. The van der Waals surface area contributed by atoms with Crippen molar-refractivity contribution in [1.29, 1.82) is 0 Å². The van der Waals surface area contributed by atoms with Crippen LogP contribution in [0.2, 0.25) is 10.0 Å². The molecule has 0 bridgehead atoms. The molecule has 0 aliphatic carbocycles. The number of halogens is 2. The molecule has 6 heteroatoms. The molecular formula is C14H9Cl2N3O. The number of aromatic hydroxyl groups is 1. The van der Waals surface area contributed by atoms with Gasteiger partial charge in [0.1, 0.15) is 17.9 Å². The van der Waals surface area contributed by atoms with E-state index in [0.717, 1.165) is 0 Å². The second-order valence-corrected chi connectivity index (χ2v) is 5.15. The predicted molar refractivity (Wildman–Crippen MR) is 81.1 cm³/mol. The van der Waals surface area contributed by atoms with E-state index in [1.165, 1.54) is 6.33 Å². The number of rotatable bonds is 1. The van der Waals surface area contributed by atoms with Gasteiger partial charge < -0.3 is 10.8 Å². The quantitative estimate of drug-likeness (QED) is 0.715. The van der Waals surface area contributed by atoms with Gasteiger partial charge in [0.15, 0.2) is 0 Å². The molecule has 20 heavy (non-hydrogen) atoms. The molecule has 0 atom stereocenters. The number of nitrogens with zero attached hydrogens (tertiary/aromatic N) is 2. The maximum absolute atomic E-state index is 10.1. The molecule has 0 aliphatic heterocycles. The van der Waals surface area contributed by atoms with Gasteiger partial charge in [-0.2, -0.15) is 0 Å². The molecule has 100 valence electrons. The molecule has 0 saturated carbocycles. The summed E-state index contributed by atoms with van der Waals surface area (Å²) in [5, 5.41) is 11.8. The van der Waals surface area contributed by atoms with Gasteiger partial charge in [-0.3, -0.25) is 0 Å². The summed E-state index contributed by atoms with van der Waals surface area (Å²) < 4.78 is 0. The number of nitrogen functional groups attached to an aromatic ring is 1. The Balaban J connectivity index is 2.40. The van der Waals surface area contributed by atoms with Crippen LogP contribution in [0.15, 0.2) is 36.7 Å². The summed E-state index contributed by atoms with van der Waals surface area (Å²) >= 11 is 12.0. The van der Waals surface area contributed by atoms with Crippen LogP contribution in [-0.4, -0.2) is 15.1 Å². The van der Waals surface area contributed by atoms with Gasteiger partial charge in [0.05, 0.1) is 11.1 Å². The summed E-state index contributed by atoms with van der Waals surface area (Å²) in [7, 11) is 0. The Kier molecular flexibility index (Phi) is 3.12. The maximum atomic E-state index is 10.1. The average molecular weight is 306 g/mol. The number of fused-ring (bicyclic) bond motifs is 1. The molecule has 0 radical (unpaired) electrons. The molecule has 0 aliphatic rings. The van der Waals surface area contributed by atoms with Crippen molar-refractivity contribution in [2.24, 2.45) is 0 Å². The minimum Gasteiger partial charge on any atom is -0.507 e. The van der Waals surface area contributed by atoms with Crippen LogP contribution in [-0.2, 0) is 0 Å². The second kappa shape index (κ2) is 4.81. The van der Waals surface area contributed by atoms with Crippen molar-refractivity contribution >= 4 is 39.9 Å². The Morgan fingerprint density at radius 1 is 1.00 bits per heavy atom. The Hall–Kier alpha value is -2.04. The minimum atomic E-state index is 0.0777. The SMILES string of the molecule is Nc1ncnc2c(-c3cc(Cl)cc(Cl)c3)c(O)ccc12. The number of hydrogen-bond donors (Lipinski definition) is 2. The lowest BCUT2D eigenvalue weighted by Crippen LogP contribution is -1.95. The van der Waals surface area contributed by atoms with Crippen molar-refractivity contribution in [1.82, 2.24) is 9.97 Å². The first-order valence-corrected chi connectivity index (χ1v) is 6.50. The number of phenolic OH excluding ortho intramolecular Hbond substituents is 1. The molecule has 3 N–H and O–H groups in total. The summed E-state index contributed by atoms with van der Waals surface area (Å²) in [6.07, 6.45) is 1.35. The topological polar surface area (TPSA) is 72.0 Å². The van der Waals surface area contributed by atoms with E-state index >= 15 is 0 Å². The van der Waals surface area contributed by atoms with Crippen molar-refractivity contribution < 1.29 is 5.11 Å². The van der Waals surface area contributed by atoms with E-state index in [9.17, 15) is 5.11 Å². The average Bonchev–Trinajstić information content (AvgIpc) is 2.37. The Labute approximate surface area is 124 Å². The summed E-state index contributed by atoms with van der Waals surface area (Å²) in [6, 6.07) is 8.26. The van der Waals surface area contributed by atoms with Crippen LogP contribution < -0.4 is 5.73 Å². The number of anilines is 1. The third-order valence-corrected chi connectivity index (χ3v) is 3.40. The van der Waals surface area contributed by atoms with E-state index < -0.39 is 0 Å². The molecule has 2 aromatic carbocycles. The lowest BCUT2D eigenvalue weighted by atomic mass is 10.0. The van der Waals surface area contributed by atoms with Gasteiger partial charge in [-0.1, -0.05) is 23.2 Å². The number of nitrogens with two attached hydrogens (primary N) is 1. The summed E-state index contributed by atoms with van der Waals surface area (Å²) in [6.45, 7) is 0. The summed E-state index contributed by atoms with van der Waals surface area (Å²) in [5.74, 6) is 0.429. The van der Waals surface area contributed by atoms with Crippen LogP contribution in [0.3, 0.4) is 0 Å². The third kappa shape index (κ3) is 2.13. The number of hydrogen-bond acceptors (Lipinski definition) is 4. The van der Waals surface area contributed by atoms with Crippen molar-refractivity contribution in [3.8, 4) is 16.9 Å². The number of aromatic nitrogens is 2. The standard InChI is InChI=1S/C14H9Cl2N3O/c15-8-3-7(4-9(16)5-8)12-11(20)2-1-10-13(12)18-6-19-14(10)17/h1-6,20H,(H2,17,18,19).